The van der Waals surface area contributed by atoms with Gasteiger partial charge in [0.05, 0.1) is 51.4 Å². The molecule has 9 atom stereocenters. The van der Waals surface area contributed by atoms with E-state index in [-0.39, 0.29) is 0 Å². The van der Waals surface area contributed by atoms with E-state index in [4.69, 9.17) is 5.11 Å². The third kappa shape index (κ3) is 31.0. The van der Waals surface area contributed by atoms with Gasteiger partial charge in [0.2, 0.25) is 0 Å². The molecular formula is C50H98O10. The number of hydrogen-bond acceptors (Lipinski definition) is 10. The van der Waals surface area contributed by atoms with Gasteiger partial charge >= 0.3 is 0 Å². The van der Waals surface area contributed by atoms with Gasteiger partial charge in [0, 0.05) is 0 Å². The van der Waals surface area contributed by atoms with Crippen LogP contribution in [0.1, 0.15) is 237 Å². The topological polar surface area (TPSA) is 202 Å². The summed E-state index contributed by atoms with van der Waals surface area (Å²) < 4.78 is 0. The van der Waals surface area contributed by atoms with E-state index < -0.39 is 57.5 Å². The number of rotatable bonds is 36. The second kappa shape index (κ2) is 26.8. The van der Waals surface area contributed by atoms with Crippen LogP contribution in [0.15, 0.2) is 23.3 Å². The maximum atomic E-state index is 11.1. The minimum absolute atomic E-state index is 0.347. The lowest BCUT2D eigenvalue weighted by Crippen LogP contribution is -2.41. The van der Waals surface area contributed by atoms with Crippen LogP contribution < -0.4 is 0 Å². The smallest absolute Gasteiger partial charge is 0.105 e. The Labute approximate surface area is 367 Å². The van der Waals surface area contributed by atoms with Crippen LogP contribution in [0.2, 0.25) is 0 Å². The van der Waals surface area contributed by atoms with E-state index >= 15 is 0 Å². The third-order valence-corrected chi connectivity index (χ3v) is 13.1. The Morgan fingerprint density at radius 3 is 0.900 bits per heavy atom. The molecule has 60 heavy (non-hydrogen) atoms. The molecule has 0 fully saturated rings. The van der Waals surface area contributed by atoms with Gasteiger partial charge in [-0.25, -0.2) is 0 Å². The molecule has 0 radical (unpaired) electrons. The third-order valence-electron chi connectivity index (χ3n) is 13.1. The van der Waals surface area contributed by atoms with Gasteiger partial charge < -0.3 is 51.1 Å². The van der Waals surface area contributed by atoms with E-state index in [9.17, 15) is 46.0 Å². The Hall–Kier alpha value is -0.920. The average molecular weight is 859 g/mol. The highest BCUT2D eigenvalue weighted by molar-refractivity contribution is 5.00. The zero-order chi connectivity index (χ0) is 46.5. The summed E-state index contributed by atoms with van der Waals surface area (Å²) >= 11 is 0. The number of allylic oxidation sites excluding steroid dienone is 4. The second-order valence-electron chi connectivity index (χ2n) is 21.9. The van der Waals surface area contributed by atoms with Crippen molar-refractivity contribution >= 4 is 0 Å². The molecule has 0 aromatic carbocycles. The highest BCUT2D eigenvalue weighted by Gasteiger charge is 2.31. The summed E-state index contributed by atoms with van der Waals surface area (Å²) in [6.45, 7) is 20.0. The van der Waals surface area contributed by atoms with Gasteiger partial charge in [-0.1, -0.05) is 23.3 Å². The van der Waals surface area contributed by atoms with Crippen LogP contribution in [-0.2, 0) is 0 Å². The molecular weight excluding hydrogens is 761 g/mol. The lowest BCUT2D eigenvalue weighted by Gasteiger charge is -2.31. The van der Waals surface area contributed by atoms with Crippen molar-refractivity contribution in [1.29, 1.82) is 0 Å². The monoisotopic (exact) mass is 859 g/mol. The van der Waals surface area contributed by atoms with Crippen LogP contribution in [0.5, 0.6) is 0 Å². The van der Waals surface area contributed by atoms with Gasteiger partial charge in [-0.15, -0.1) is 0 Å². The van der Waals surface area contributed by atoms with E-state index in [1.54, 1.807) is 0 Å². The summed E-state index contributed by atoms with van der Waals surface area (Å²) in [6.07, 6.45) is 18.7. The van der Waals surface area contributed by atoms with E-state index in [0.29, 0.717) is 135 Å². The molecule has 10 N–H and O–H groups in total. The fourth-order valence-corrected chi connectivity index (χ4v) is 8.47. The molecule has 0 saturated carbocycles. The first-order valence-corrected chi connectivity index (χ1v) is 23.6. The molecule has 0 aromatic heterocycles. The van der Waals surface area contributed by atoms with Crippen molar-refractivity contribution in [2.24, 2.45) is 0 Å². The molecule has 0 aliphatic heterocycles. The van der Waals surface area contributed by atoms with Crippen LogP contribution in [0.3, 0.4) is 0 Å². The lowest BCUT2D eigenvalue weighted by atomic mass is 9.83. The van der Waals surface area contributed by atoms with Crippen LogP contribution >= 0.6 is 0 Å². The van der Waals surface area contributed by atoms with Crippen molar-refractivity contribution in [3.63, 3.8) is 0 Å². The highest BCUT2D eigenvalue weighted by Crippen LogP contribution is 2.32. The number of aliphatic hydroxyl groups is 10. The summed E-state index contributed by atoms with van der Waals surface area (Å²) in [5.74, 6) is 0. The summed E-state index contributed by atoms with van der Waals surface area (Å²) in [6, 6.07) is 0. The van der Waals surface area contributed by atoms with Gasteiger partial charge in [0.15, 0.2) is 0 Å². The Morgan fingerprint density at radius 2 is 0.633 bits per heavy atom. The predicted octanol–water partition coefficient (Wildman–Crippen LogP) is 9.01. The van der Waals surface area contributed by atoms with E-state index in [1.807, 2.05) is 61.5 Å². The van der Waals surface area contributed by atoms with Crippen LogP contribution in [0, 0.1) is 0 Å². The molecule has 0 aromatic rings. The fourth-order valence-electron chi connectivity index (χ4n) is 8.47. The van der Waals surface area contributed by atoms with E-state index in [1.165, 1.54) is 12.5 Å². The van der Waals surface area contributed by atoms with Crippen molar-refractivity contribution in [3.05, 3.63) is 23.3 Å². The van der Waals surface area contributed by atoms with Crippen molar-refractivity contribution in [2.75, 3.05) is 6.61 Å². The maximum absolute atomic E-state index is 11.1. The molecule has 0 amide bonds. The molecule has 0 heterocycles. The molecule has 0 rings (SSSR count). The normalized spacial score (nSPS) is 21.2. The van der Waals surface area contributed by atoms with E-state index in [0.717, 1.165) is 31.3 Å². The molecule has 10 nitrogen and oxygen atoms in total. The highest BCUT2D eigenvalue weighted by atomic mass is 16.4. The molecule has 358 valence electrons. The largest absolute Gasteiger partial charge is 0.394 e. The number of hydrogen-bond donors (Lipinski definition) is 10. The molecule has 0 aliphatic rings. The van der Waals surface area contributed by atoms with Gasteiger partial charge in [-0.05, 0) is 237 Å². The Balaban J connectivity index is 4.42. The lowest BCUT2D eigenvalue weighted by molar-refractivity contribution is -0.0866. The van der Waals surface area contributed by atoms with Crippen LogP contribution in [-0.4, -0.2) is 109 Å². The first-order valence-electron chi connectivity index (χ1n) is 23.6. The first-order chi connectivity index (χ1) is 27.2. The molecule has 0 bridgehead atoms. The minimum atomic E-state index is -1.34. The SMILES string of the molecule is CC(C)=CCCC(C)(O)CCCC(C)(O)CCCC(C)(O)CCCC(C)(O)CCCC(C)(O)CCCC(C)(O)CCCC(C)(O)CCCC(C)=CCCC(C)(O)C(O)CO. The molecule has 0 aliphatic carbocycles. The average Bonchev–Trinajstić information content (AvgIpc) is 3.06. The summed E-state index contributed by atoms with van der Waals surface area (Å²) in [4.78, 5) is 0. The van der Waals surface area contributed by atoms with Crippen molar-refractivity contribution in [2.45, 2.75) is 288 Å². The van der Waals surface area contributed by atoms with Gasteiger partial charge in [-0.3, -0.25) is 0 Å². The van der Waals surface area contributed by atoms with E-state index in [2.05, 4.69) is 19.9 Å². The minimum Gasteiger partial charge on any atom is -0.394 e. The van der Waals surface area contributed by atoms with Crippen LogP contribution in [0.25, 0.3) is 0 Å². The standard InChI is InChI=1S/C50H98O10/c1-40(2)21-12-24-43(4,53)26-15-28-45(6,55)30-17-32-47(8,57)34-19-36-49(10,59)37-20-35-48(9,58)33-18-31-46(7,56)29-16-27-44(5,54)25-13-22-41(3)23-14-38-50(11,60)42(52)39-51/h21,23,42,51-60H,12-20,22,24-39H2,1-11H3. The van der Waals surface area contributed by atoms with Crippen LogP contribution in [0.4, 0.5) is 0 Å². The Kier molecular flexibility index (Phi) is 26.4. The van der Waals surface area contributed by atoms with Crippen molar-refractivity contribution in [1.82, 2.24) is 0 Å². The predicted molar refractivity (Wildman–Crippen MR) is 247 cm³/mol. The van der Waals surface area contributed by atoms with Gasteiger partial charge in [0.25, 0.3) is 0 Å². The quantitative estimate of drug-likeness (QED) is 0.0271. The molecule has 0 spiro atoms. The Bertz CT molecular complexity index is 1210. The van der Waals surface area contributed by atoms with Crippen molar-refractivity contribution in [3.8, 4) is 0 Å². The number of aliphatic hydroxyl groups excluding tert-OH is 2. The zero-order valence-electron chi connectivity index (χ0n) is 40.6. The second-order valence-corrected chi connectivity index (χ2v) is 21.9. The zero-order valence-corrected chi connectivity index (χ0v) is 40.6. The summed E-state index contributed by atoms with van der Waals surface area (Å²) in [7, 11) is 0. The van der Waals surface area contributed by atoms with Gasteiger partial charge in [-0.2, -0.15) is 0 Å². The molecule has 9 unspecified atom stereocenters. The molecule has 10 heteroatoms. The summed E-state index contributed by atoms with van der Waals surface area (Å²) in [5.41, 5.74) is -4.96. The van der Waals surface area contributed by atoms with Crippen molar-refractivity contribution < 1.29 is 51.1 Å². The Morgan fingerprint density at radius 1 is 0.383 bits per heavy atom. The first kappa shape index (κ1) is 59.1. The maximum Gasteiger partial charge on any atom is 0.105 e. The fraction of sp³-hybridized carbons (Fsp3) is 0.920. The summed E-state index contributed by atoms with van der Waals surface area (Å²) in [5, 5.41) is 106. The van der Waals surface area contributed by atoms with Gasteiger partial charge in [0.1, 0.15) is 6.10 Å². The molecule has 0 saturated heterocycles.